The molecule has 0 heterocycles. The third kappa shape index (κ3) is 7.93. The number of ether oxygens (including phenoxy) is 2. The molecule has 0 unspecified atom stereocenters. The Hall–Kier alpha value is -4.65. The molecule has 2 rings (SSSR count). The molecule has 1 amide bonds. The van der Waals surface area contributed by atoms with Crippen molar-refractivity contribution in [3.63, 3.8) is 0 Å². The Morgan fingerprint density at radius 2 is 1.68 bits per heavy atom. The van der Waals surface area contributed by atoms with E-state index in [0.29, 0.717) is 6.07 Å². The maximum atomic E-state index is 13.9. The van der Waals surface area contributed by atoms with Gasteiger partial charge in [0.05, 0.1) is 22.8 Å². The highest BCUT2D eigenvalue weighted by atomic mass is 19.4. The van der Waals surface area contributed by atoms with Crippen molar-refractivity contribution in [1.29, 1.82) is 10.5 Å². The summed E-state index contributed by atoms with van der Waals surface area (Å²) in [6.07, 6.45) is -5.76. The van der Waals surface area contributed by atoms with Gasteiger partial charge in [-0.2, -0.15) is 23.7 Å². The number of hydrogen-bond donors (Lipinski definition) is 2. The van der Waals surface area contributed by atoms with E-state index in [2.05, 4.69) is 5.32 Å². The van der Waals surface area contributed by atoms with Gasteiger partial charge in [-0.25, -0.2) is 4.39 Å². The summed E-state index contributed by atoms with van der Waals surface area (Å²) in [5.74, 6) is -4.35. The van der Waals surface area contributed by atoms with Gasteiger partial charge in [-0.05, 0) is 43.7 Å². The molecule has 0 spiro atoms. The van der Waals surface area contributed by atoms with E-state index < -0.39 is 59.6 Å². The number of esters is 1. The number of carbonyl (C=O) groups excluding carboxylic acids is 2. The first kappa shape index (κ1) is 28.6. The lowest BCUT2D eigenvalue weighted by molar-refractivity contribution is -0.167. The molecule has 0 saturated heterocycles. The second kappa shape index (κ2) is 11.9. The lowest BCUT2D eigenvalue weighted by Crippen LogP contribution is -2.49. The van der Waals surface area contributed by atoms with Gasteiger partial charge < -0.3 is 19.9 Å². The van der Waals surface area contributed by atoms with Gasteiger partial charge in [-0.1, -0.05) is 0 Å². The zero-order valence-electron chi connectivity index (χ0n) is 19.2. The van der Waals surface area contributed by atoms with E-state index in [1.165, 1.54) is 12.1 Å². The minimum absolute atomic E-state index is 0.113. The minimum atomic E-state index is -4.89. The number of anilines is 1. The maximum absolute atomic E-state index is 13.9. The fourth-order valence-electron chi connectivity index (χ4n) is 2.94. The van der Waals surface area contributed by atoms with Crippen LogP contribution in [0.15, 0.2) is 36.4 Å². The Morgan fingerprint density at radius 1 is 1.03 bits per heavy atom. The highest BCUT2D eigenvalue weighted by molar-refractivity contribution is 5.98. The van der Waals surface area contributed by atoms with Crippen molar-refractivity contribution in [3.05, 3.63) is 58.9 Å². The van der Waals surface area contributed by atoms with Gasteiger partial charge in [0.25, 0.3) is 5.91 Å². The van der Waals surface area contributed by atoms with Gasteiger partial charge in [0.1, 0.15) is 24.2 Å². The minimum Gasteiger partial charge on any atom is -0.489 e. The third-order valence-corrected chi connectivity index (χ3v) is 4.87. The lowest BCUT2D eigenvalue weighted by atomic mass is 10.0. The van der Waals surface area contributed by atoms with E-state index in [9.17, 15) is 31.9 Å². The summed E-state index contributed by atoms with van der Waals surface area (Å²) in [5.41, 5.74) is -4.79. The number of carboxylic acid groups (broad SMARTS) is 1. The monoisotopic (exact) mass is 521 g/mol. The number of rotatable bonds is 10. The van der Waals surface area contributed by atoms with Crippen LogP contribution in [-0.4, -0.2) is 35.2 Å². The summed E-state index contributed by atoms with van der Waals surface area (Å²) < 4.78 is 64.3. The molecule has 37 heavy (non-hydrogen) atoms. The van der Waals surface area contributed by atoms with Crippen LogP contribution in [0.5, 0.6) is 5.75 Å². The maximum Gasteiger partial charge on any atom is 0.417 e. The van der Waals surface area contributed by atoms with Crippen molar-refractivity contribution in [2.75, 3.05) is 11.9 Å². The normalized spacial score (nSPS) is 12.4. The molecule has 0 aromatic heterocycles. The summed E-state index contributed by atoms with van der Waals surface area (Å²) in [6.45, 7) is 0.364. The van der Waals surface area contributed by atoms with E-state index in [4.69, 9.17) is 25.1 Å². The van der Waals surface area contributed by atoms with E-state index in [-0.39, 0.29) is 29.8 Å². The molecule has 2 N–H and O–H groups in total. The summed E-state index contributed by atoms with van der Waals surface area (Å²) >= 11 is 0. The van der Waals surface area contributed by atoms with E-state index in [1.807, 2.05) is 0 Å². The molecule has 0 aliphatic carbocycles. The van der Waals surface area contributed by atoms with E-state index in [0.717, 1.165) is 31.2 Å². The van der Waals surface area contributed by atoms with Crippen LogP contribution in [0.1, 0.15) is 42.9 Å². The fourth-order valence-corrected chi connectivity index (χ4v) is 2.94. The van der Waals surface area contributed by atoms with Gasteiger partial charge in [-0.3, -0.25) is 14.4 Å². The highest BCUT2D eigenvalue weighted by Gasteiger charge is 2.40. The van der Waals surface area contributed by atoms with Crippen LogP contribution < -0.4 is 10.1 Å². The number of benzene rings is 2. The zero-order valence-corrected chi connectivity index (χ0v) is 19.2. The van der Waals surface area contributed by atoms with Crippen LogP contribution in [-0.2, 0) is 25.3 Å². The van der Waals surface area contributed by atoms with Gasteiger partial charge in [0, 0.05) is 24.6 Å². The van der Waals surface area contributed by atoms with Crippen LogP contribution in [0, 0.1) is 28.5 Å². The number of nitrogens with zero attached hydrogens (tertiary/aromatic N) is 2. The van der Waals surface area contributed by atoms with E-state index in [1.54, 1.807) is 6.07 Å². The van der Waals surface area contributed by atoms with Crippen LogP contribution >= 0.6 is 0 Å². The first-order chi connectivity index (χ1) is 17.3. The standard InChI is InChI=1S/C24H19F4N3O6/c1-23(37-21(34)4-2-3-20(32)33,13-36-17-8-6-15(12-30)19(25)10-17)22(35)31-16-7-5-14(11-29)18(9-16)24(26,27)28/h5-10H,2-4,13H2,1H3,(H,31,35)(H,32,33)/t23-/m0/s1. The van der Waals surface area contributed by atoms with Crippen molar-refractivity contribution in [3.8, 4) is 17.9 Å². The number of aliphatic carboxylic acids is 1. The molecule has 0 aliphatic heterocycles. The number of carboxylic acids is 1. The Bertz CT molecular complexity index is 1280. The van der Waals surface area contributed by atoms with Crippen molar-refractivity contribution >= 4 is 23.5 Å². The Kier molecular flexibility index (Phi) is 9.16. The number of nitrogens with one attached hydrogen (secondary N) is 1. The number of halogens is 4. The number of nitriles is 2. The number of amides is 1. The number of alkyl halides is 3. The molecule has 2 aromatic rings. The van der Waals surface area contributed by atoms with Gasteiger partial charge in [0.15, 0.2) is 0 Å². The molecule has 0 saturated carbocycles. The second-order valence-electron chi connectivity index (χ2n) is 7.82. The molecule has 0 radical (unpaired) electrons. The van der Waals surface area contributed by atoms with Gasteiger partial charge in [0.2, 0.25) is 5.60 Å². The smallest absolute Gasteiger partial charge is 0.417 e. The Morgan fingerprint density at radius 3 is 2.24 bits per heavy atom. The quantitative estimate of drug-likeness (QED) is 0.350. The van der Waals surface area contributed by atoms with Crippen molar-refractivity contribution < 1.29 is 46.5 Å². The van der Waals surface area contributed by atoms with Crippen LogP contribution in [0.25, 0.3) is 0 Å². The third-order valence-electron chi connectivity index (χ3n) is 4.87. The first-order valence-electron chi connectivity index (χ1n) is 10.5. The average Bonchev–Trinajstić information content (AvgIpc) is 2.82. The van der Waals surface area contributed by atoms with Gasteiger partial charge >= 0.3 is 18.1 Å². The van der Waals surface area contributed by atoms with E-state index >= 15 is 0 Å². The summed E-state index contributed by atoms with van der Waals surface area (Å²) in [6, 6.07) is 8.60. The molecule has 13 heteroatoms. The molecule has 2 aromatic carbocycles. The average molecular weight is 521 g/mol. The fraction of sp³-hybridized carbons (Fsp3) is 0.292. The second-order valence-corrected chi connectivity index (χ2v) is 7.82. The summed E-state index contributed by atoms with van der Waals surface area (Å²) in [4.78, 5) is 36.0. The number of carbonyl (C=O) groups is 3. The largest absolute Gasteiger partial charge is 0.489 e. The molecular weight excluding hydrogens is 502 g/mol. The highest BCUT2D eigenvalue weighted by Crippen LogP contribution is 2.34. The summed E-state index contributed by atoms with van der Waals surface area (Å²) in [5, 5.41) is 28.6. The molecule has 0 aliphatic rings. The van der Waals surface area contributed by atoms with Crippen LogP contribution in [0.2, 0.25) is 0 Å². The van der Waals surface area contributed by atoms with Gasteiger partial charge in [-0.15, -0.1) is 0 Å². The van der Waals surface area contributed by atoms with Crippen LogP contribution in [0.3, 0.4) is 0 Å². The molecule has 0 fully saturated rings. The predicted molar refractivity (Wildman–Crippen MR) is 117 cm³/mol. The number of hydrogen-bond acceptors (Lipinski definition) is 7. The van der Waals surface area contributed by atoms with Crippen molar-refractivity contribution in [2.45, 2.75) is 38.0 Å². The van der Waals surface area contributed by atoms with Crippen molar-refractivity contribution in [2.24, 2.45) is 0 Å². The zero-order chi connectivity index (χ0) is 27.8. The Labute approximate surface area is 207 Å². The van der Waals surface area contributed by atoms with Crippen LogP contribution in [0.4, 0.5) is 23.2 Å². The lowest BCUT2D eigenvalue weighted by Gasteiger charge is -2.28. The molecule has 9 nitrogen and oxygen atoms in total. The Balaban J connectivity index is 2.30. The topological polar surface area (TPSA) is 150 Å². The molecule has 0 bridgehead atoms. The summed E-state index contributed by atoms with van der Waals surface area (Å²) in [7, 11) is 0. The van der Waals surface area contributed by atoms with Crippen molar-refractivity contribution in [1.82, 2.24) is 0 Å². The predicted octanol–water partition coefficient (Wildman–Crippen LogP) is 4.16. The molecule has 1 atom stereocenters. The molecule has 194 valence electrons. The first-order valence-corrected chi connectivity index (χ1v) is 10.5. The molecular formula is C24H19F4N3O6. The SMILES string of the molecule is C[C@@](COc1ccc(C#N)c(F)c1)(OC(=O)CCCC(=O)O)C(=O)Nc1ccc(C#N)c(C(F)(F)F)c1.